The average Bonchev–Trinajstić information content (AvgIpc) is 3.60. The first-order chi connectivity index (χ1) is 17.8. The van der Waals surface area contributed by atoms with Crippen LogP contribution in [0, 0.1) is 0 Å². The highest BCUT2D eigenvalue weighted by Gasteiger charge is 2.14. The summed E-state index contributed by atoms with van der Waals surface area (Å²) in [7, 11) is 0. The lowest BCUT2D eigenvalue weighted by molar-refractivity contribution is 0.642. The first-order valence-corrected chi connectivity index (χ1v) is 13.3. The van der Waals surface area contributed by atoms with E-state index in [-0.39, 0.29) is 0 Å². The van der Waals surface area contributed by atoms with E-state index >= 15 is 0 Å². The van der Waals surface area contributed by atoms with Gasteiger partial charge in [-0.1, -0.05) is 104 Å². The fourth-order valence-electron chi connectivity index (χ4n) is 4.20. The summed E-state index contributed by atoms with van der Waals surface area (Å²) in [5.74, 6) is 2.70. The van der Waals surface area contributed by atoms with Gasteiger partial charge in [0.2, 0.25) is 0 Å². The van der Waals surface area contributed by atoms with Gasteiger partial charge in [-0.25, -0.2) is 5.10 Å². The number of aromatic amines is 1. The number of nitrogens with one attached hydrogen (secondary N) is 1. The third kappa shape index (κ3) is 5.71. The van der Waals surface area contributed by atoms with Gasteiger partial charge in [0.1, 0.15) is 5.82 Å². The van der Waals surface area contributed by atoms with Crippen LogP contribution in [0.15, 0.2) is 84.0 Å². The number of tetrazole rings is 1. The average molecular weight is 496 g/mol. The molecule has 1 N–H and O–H groups in total. The Hall–Kier alpha value is -3.78. The molecule has 0 bridgehead atoms. The number of rotatable bonds is 11. The van der Waals surface area contributed by atoms with E-state index in [1.165, 1.54) is 11.1 Å². The monoisotopic (exact) mass is 495 g/mol. The molecule has 2 heterocycles. The summed E-state index contributed by atoms with van der Waals surface area (Å²) in [4.78, 5) is 0. The van der Waals surface area contributed by atoms with E-state index < -0.39 is 0 Å². The molecule has 36 heavy (non-hydrogen) atoms. The van der Waals surface area contributed by atoms with Crippen LogP contribution in [-0.2, 0) is 19.4 Å². The van der Waals surface area contributed by atoms with Crippen molar-refractivity contribution in [1.29, 1.82) is 0 Å². The summed E-state index contributed by atoms with van der Waals surface area (Å²) in [6.45, 7) is 2.97. The highest BCUT2D eigenvalue weighted by Crippen LogP contribution is 2.30. The Morgan fingerprint density at radius 2 is 1.56 bits per heavy atom. The van der Waals surface area contributed by atoms with Crippen molar-refractivity contribution in [3.63, 3.8) is 0 Å². The van der Waals surface area contributed by atoms with Crippen molar-refractivity contribution >= 4 is 11.8 Å². The largest absolute Gasteiger partial charge is 0.302 e. The SMILES string of the molecule is CCCCc1nnc(SCCc2ccccc2)n1Cc1ccc(-c2ccccc2-c2nnn[nH]2)cc1. The Balaban J connectivity index is 1.34. The maximum Gasteiger partial charge on any atom is 0.191 e. The zero-order chi connectivity index (χ0) is 24.6. The summed E-state index contributed by atoms with van der Waals surface area (Å²) in [5, 5.41) is 24.5. The van der Waals surface area contributed by atoms with Gasteiger partial charge in [-0.2, -0.15) is 0 Å². The molecule has 0 aliphatic rings. The van der Waals surface area contributed by atoms with Crippen molar-refractivity contribution in [2.24, 2.45) is 0 Å². The van der Waals surface area contributed by atoms with Gasteiger partial charge in [0.25, 0.3) is 0 Å². The Bertz CT molecular complexity index is 1360. The third-order valence-electron chi connectivity index (χ3n) is 6.15. The topological polar surface area (TPSA) is 85.2 Å². The number of unbranched alkanes of at least 4 members (excludes halogenated alkanes) is 1. The number of nitrogens with zero attached hydrogens (tertiary/aromatic N) is 6. The normalized spacial score (nSPS) is 11.1. The van der Waals surface area contributed by atoms with Crippen LogP contribution >= 0.6 is 11.8 Å². The molecule has 0 atom stereocenters. The highest BCUT2D eigenvalue weighted by molar-refractivity contribution is 7.99. The zero-order valence-corrected chi connectivity index (χ0v) is 21.2. The van der Waals surface area contributed by atoms with Crippen LogP contribution in [0.4, 0.5) is 0 Å². The lowest BCUT2D eigenvalue weighted by atomic mass is 9.98. The van der Waals surface area contributed by atoms with Gasteiger partial charge in [0, 0.05) is 17.7 Å². The van der Waals surface area contributed by atoms with Crippen LogP contribution in [0.3, 0.4) is 0 Å². The second kappa shape index (κ2) is 11.8. The van der Waals surface area contributed by atoms with E-state index in [9.17, 15) is 0 Å². The van der Waals surface area contributed by atoms with Gasteiger partial charge in [-0.05, 0) is 45.5 Å². The van der Waals surface area contributed by atoms with Crippen LogP contribution in [0.2, 0.25) is 0 Å². The van der Waals surface area contributed by atoms with Gasteiger partial charge in [-0.15, -0.1) is 15.3 Å². The fraction of sp³-hybridized carbons (Fsp3) is 0.250. The summed E-state index contributed by atoms with van der Waals surface area (Å²) >= 11 is 1.78. The van der Waals surface area contributed by atoms with Gasteiger partial charge < -0.3 is 4.57 Å². The summed E-state index contributed by atoms with van der Waals surface area (Å²) in [6, 6.07) is 27.5. The molecule has 182 valence electrons. The number of H-pyrrole nitrogens is 1. The Morgan fingerprint density at radius 1 is 0.778 bits per heavy atom. The molecule has 0 aliphatic carbocycles. The third-order valence-corrected chi connectivity index (χ3v) is 7.11. The van der Waals surface area contributed by atoms with Crippen molar-refractivity contribution in [3.8, 4) is 22.5 Å². The molecule has 0 amide bonds. The Labute approximate surface area is 215 Å². The van der Waals surface area contributed by atoms with Gasteiger partial charge in [0.05, 0.1) is 6.54 Å². The molecule has 8 heteroatoms. The molecule has 0 radical (unpaired) electrons. The number of thioether (sulfide) groups is 1. The van der Waals surface area contributed by atoms with E-state index in [2.05, 4.69) is 103 Å². The summed E-state index contributed by atoms with van der Waals surface area (Å²) in [6.07, 6.45) is 4.20. The highest BCUT2D eigenvalue weighted by atomic mass is 32.2. The summed E-state index contributed by atoms with van der Waals surface area (Å²) < 4.78 is 2.29. The molecule has 5 aromatic rings. The standard InChI is InChI=1S/C28H29N7S/c1-2-3-13-26-29-32-28(36-19-18-21-9-5-4-6-10-21)35(26)20-22-14-16-23(17-15-22)24-11-7-8-12-25(24)27-30-33-34-31-27/h4-12,14-17H,2-3,13,18-20H2,1H3,(H,30,31,33,34). The molecule has 0 spiro atoms. The van der Waals surface area contributed by atoms with E-state index in [1.807, 2.05) is 18.2 Å². The molecule has 0 fully saturated rings. The van der Waals surface area contributed by atoms with Crippen molar-refractivity contribution in [3.05, 3.63) is 95.8 Å². The van der Waals surface area contributed by atoms with E-state index in [0.29, 0.717) is 5.82 Å². The Kier molecular flexibility index (Phi) is 7.83. The van der Waals surface area contributed by atoms with Crippen LogP contribution in [-0.4, -0.2) is 41.1 Å². The van der Waals surface area contributed by atoms with E-state index in [4.69, 9.17) is 0 Å². The quantitative estimate of drug-likeness (QED) is 0.231. The van der Waals surface area contributed by atoms with Crippen LogP contribution in [0.25, 0.3) is 22.5 Å². The lowest BCUT2D eigenvalue weighted by Crippen LogP contribution is -2.07. The van der Waals surface area contributed by atoms with E-state index in [0.717, 1.165) is 65.7 Å². The minimum atomic E-state index is 0.664. The van der Waals surface area contributed by atoms with Crippen molar-refractivity contribution < 1.29 is 0 Å². The number of aryl methyl sites for hydroxylation is 2. The molecule has 5 rings (SSSR count). The molecule has 0 aliphatic heterocycles. The first-order valence-electron chi connectivity index (χ1n) is 12.3. The number of hydrogen-bond donors (Lipinski definition) is 1. The summed E-state index contributed by atoms with van der Waals surface area (Å²) in [5.41, 5.74) is 5.76. The fourth-order valence-corrected chi connectivity index (χ4v) is 5.14. The molecular formula is C28H29N7S. The van der Waals surface area contributed by atoms with Crippen LogP contribution in [0.5, 0.6) is 0 Å². The molecule has 7 nitrogen and oxygen atoms in total. The van der Waals surface area contributed by atoms with E-state index in [1.54, 1.807) is 11.8 Å². The van der Waals surface area contributed by atoms with Gasteiger partial charge >= 0.3 is 0 Å². The minimum absolute atomic E-state index is 0.664. The smallest absolute Gasteiger partial charge is 0.191 e. The number of benzene rings is 3. The molecule has 0 saturated heterocycles. The van der Waals surface area contributed by atoms with Crippen molar-refractivity contribution in [2.45, 2.75) is 44.3 Å². The maximum atomic E-state index is 4.56. The second-order valence-electron chi connectivity index (χ2n) is 8.66. The zero-order valence-electron chi connectivity index (χ0n) is 20.3. The Morgan fingerprint density at radius 3 is 2.31 bits per heavy atom. The molecular weight excluding hydrogens is 466 g/mol. The minimum Gasteiger partial charge on any atom is -0.302 e. The predicted octanol–water partition coefficient (Wildman–Crippen LogP) is 5.85. The number of hydrogen-bond acceptors (Lipinski definition) is 6. The predicted molar refractivity (Wildman–Crippen MR) is 144 cm³/mol. The molecule has 0 unspecified atom stereocenters. The lowest BCUT2D eigenvalue weighted by Gasteiger charge is -2.12. The van der Waals surface area contributed by atoms with Crippen molar-refractivity contribution in [2.75, 3.05) is 5.75 Å². The second-order valence-corrected chi connectivity index (χ2v) is 9.73. The first kappa shape index (κ1) is 23.9. The molecule has 2 aromatic heterocycles. The van der Waals surface area contributed by atoms with Gasteiger partial charge in [0.15, 0.2) is 11.0 Å². The molecule has 3 aromatic carbocycles. The maximum absolute atomic E-state index is 4.56. The molecule has 0 saturated carbocycles. The number of aromatic nitrogens is 7. The van der Waals surface area contributed by atoms with Crippen LogP contribution in [0.1, 0.15) is 36.7 Å². The van der Waals surface area contributed by atoms with Gasteiger partial charge in [-0.3, -0.25) is 0 Å². The van der Waals surface area contributed by atoms with Crippen LogP contribution < -0.4 is 0 Å². The van der Waals surface area contributed by atoms with Crippen molar-refractivity contribution in [1.82, 2.24) is 35.4 Å².